The number of amides is 2. The number of benzene rings is 2. The molecule has 8 heteroatoms. The van der Waals surface area contributed by atoms with Crippen LogP contribution in [-0.2, 0) is 21.9 Å². The first-order chi connectivity index (χ1) is 14.4. The Morgan fingerprint density at radius 1 is 1.13 bits per heavy atom. The third kappa shape index (κ3) is 6.89. The van der Waals surface area contributed by atoms with E-state index >= 15 is 0 Å². The van der Waals surface area contributed by atoms with Gasteiger partial charge in [-0.05, 0) is 43.2 Å². The van der Waals surface area contributed by atoms with E-state index in [1.54, 1.807) is 29.2 Å². The van der Waals surface area contributed by atoms with Crippen LogP contribution in [0, 0.1) is 5.82 Å². The van der Waals surface area contributed by atoms with Crippen molar-refractivity contribution in [2.24, 2.45) is 0 Å². The molecule has 1 N–H and O–H groups in total. The minimum absolute atomic E-state index is 0.105. The molecule has 2 aromatic rings. The molecule has 0 spiro atoms. The number of carbonyl (C=O) groups is 2. The molecule has 2 rings (SSSR count). The summed E-state index contributed by atoms with van der Waals surface area (Å²) in [4.78, 5) is 27.2. The third-order valence-electron chi connectivity index (χ3n) is 4.54. The van der Waals surface area contributed by atoms with Crippen LogP contribution in [0.4, 0.5) is 4.39 Å². The molecule has 2 aromatic carbocycles. The number of halogens is 3. The maximum atomic E-state index is 14.0. The fraction of sp³-hybridized carbons (Fsp3) is 0.364. The Kier molecular flexibility index (Phi) is 9.95. The lowest BCUT2D eigenvalue weighted by Crippen LogP contribution is -2.49. The molecule has 2 amide bonds. The van der Waals surface area contributed by atoms with E-state index < -0.39 is 11.9 Å². The smallest absolute Gasteiger partial charge is 0.242 e. The van der Waals surface area contributed by atoms with Crippen molar-refractivity contribution in [3.05, 3.63) is 69.5 Å². The molecule has 4 nitrogen and oxygen atoms in total. The summed E-state index contributed by atoms with van der Waals surface area (Å²) >= 11 is 13.3. The number of nitrogens with zero attached hydrogens (tertiary/aromatic N) is 1. The molecule has 0 bridgehead atoms. The van der Waals surface area contributed by atoms with E-state index in [2.05, 4.69) is 5.32 Å². The molecule has 0 aliphatic rings. The third-order valence-corrected chi connectivity index (χ3v) is 6.09. The van der Waals surface area contributed by atoms with Crippen molar-refractivity contribution in [3.8, 4) is 0 Å². The van der Waals surface area contributed by atoms with Crippen molar-refractivity contribution >= 4 is 46.8 Å². The minimum Gasteiger partial charge on any atom is -0.355 e. The topological polar surface area (TPSA) is 49.4 Å². The lowest BCUT2D eigenvalue weighted by molar-refractivity contribution is -0.139. The molecule has 1 atom stereocenters. The first kappa shape index (κ1) is 24.5. The van der Waals surface area contributed by atoms with Gasteiger partial charge in [0.2, 0.25) is 11.8 Å². The van der Waals surface area contributed by atoms with Gasteiger partial charge in [-0.3, -0.25) is 9.59 Å². The SMILES string of the molecule is CCNC(=O)[C@H](CC)N(Cc1ccc(Cl)cc1)C(=O)CSCc1c(F)cccc1Cl. The highest BCUT2D eigenvalue weighted by Crippen LogP contribution is 2.25. The number of rotatable bonds is 10. The van der Waals surface area contributed by atoms with Gasteiger partial charge in [0.25, 0.3) is 0 Å². The molecular formula is C22H25Cl2FN2O2S. The van der Waals surface area contributed by atoms with E-state index in [1.165, 1.54) is 17.8 Å². The van der Waals surface area contributed by atoms with Crippen molar-refractivity contribution in [3.63, 3.8) is 0 Å². The fourth-order valence-electron chi connectivity index (χ4n) is 2.99. The standard InChI is InChI=1S/C22H25Cl2FN2O2S/c1-3-20(22(29)26-4-2)27(12-15-8-10-16(23)11-9-15)21(28)14-30-13-17-18(24)6-5-7-19(17)25/h5-11,20H,3-4,12-14H2,1-2H3,(H,26,29)/t20-/m0/s1. The molecule has 0 aliphatic heterocycles. The molecule has 30 heavy (non-hydrogen) atoms. The van der Waals surface area contributed by atoms with E-state index in [9.17, 15) is 14.0 Å². The molecule has 0 radical (unpaired) electrons. The Balaban J connectivity index is 2.14. The predicted octanol–water partition coefficient (Wildman–Crippen LogP) is 5.31. The summed E-state index contributed by atoms with van der Waals surface area (Å²) in [5, 5.41) is 3.73. The van der Waals surface area contributed by atoms with E-state index in [0.29, 0.717) is 28.6 Å². The van der Waals surface area contributed by atoms with Gasteiger partial charge in [0.05, 0.1) is 5.75 Å². The molecule has 0 aliphatic carbocycles. The highest BCUT2D eigenvalue weighted by atomic mass is 35.5. The van der Waals surface area contributed by atoms with Gasteiger partial charge in [0, 0.05) is 34.5 Å². The lowest BCUT2D eigenvalue weighted by atomic mass is 10.1. The summed E-state index contributed by atoms with van der Waals surface area (Å²) < 4.78 is 14.0. The second-order valence-corrected chi connectivity index (χ2v) is 8.49. The summed E-state index contributed by atoms with van der Waals surface area (Å²) in [5.41, 5.74) is 1.25. The van der Waals surface area contributed by atoms with Gasteiger partial charge in [0.15, 0.2) is 0 Å². The van der Waals surface area contributed by atoms with Crippen LogP contribution in [0.2, 0.25) is 10.0 Å². The van der Waals surface area contributed by atoms with Crippen molar-refractivity contribution in [1.82, 2.24) is 10.2 Å². The van der Waals surface area contributed by atoms with Crippen molar-refractivity contribution in [2.45, 2.75) is 38.6 Å². The van der Waals surface area contributed by atoms with Crippen LogP contribution >= 0.6 is 35.0 Å². The number of hydrogen-bond acceptors (Lipinski definition) is 3. The van der Waals surface area contributed by atoms with Gasteiger partial charge in [-0.25, -0.2) is 4.39 Å². The van der Waals surface area contributed by atoms with E-state index in [1.807, 2.05) is 26.0 Å². The first-order valence-electron chi connectivity index (χ1n) is 9.69. The van der Waals surface area contributed by atoms with Crippen molar-refractivity contribution in [1.29, 1.82) is 0 Å². The van der Waals surface area contributed by atoms with Crippen LogP contribution in [0.1, 0.15) is 31.4 Å². The number of nitrogens with one attached hydrogen (secondary N) is 1. The Bertz CT molecular complexity index is 844. The zero-order valence-corrected chi connectivity index (χ0v) is 19.3. The fourth-order valence-corrected chi connectivity index (χ4v) is 4.37. The average Bonchev–Trinajstić information content (AvgIpc) is 2.71. The molecule has 0 heterocycles. The largest absolute Gasteiger partial charge is 0.355 e. The lowest BCUT2D eigenvalue weighted by Gasteiger charge is -2.30. The molecule has 0 saturated carbocycles. The number of likely N-dealkylation sites (N-methyl/N-ethyl adjacent to an activating group) is 1. The summed E-state index contributed by atoms with van der Waals surface area (Å²) in [5.74, 6) is -0.405. The molecule has 0 unspecified atom stereocenters. The van der Waals surface area contributed by atoms with E-state index in [-0.39, 0.29) is 29.9 Å². The quantitative estimate of drug-likeness (QED) is 0.511. The summed E-state index contributed by atoms with van der Waals surface area (Å²) in [6.07, 6.45) is 0.481. The Hall–Kier alpha value is -1.76. The zero-order chi connectivity index (χ0) is 22.1. The van der Waals surface area contributed by atoms with E-state index in [4.69, 9.17) is 23.2 Å². The monoisotopic (exact) mass is 470 g/mol. The molecule has 162 valence electrons. The normalized spacial score (nSPS) is 11.8. The maximum absolute atomic E-state index is 14.0. The van der Waals surface area contributed by atoms with Crippen LogP contribution < -0.4 is 5.32 Å². The van der Waals surface area contributed by atoms with Crippen LogP contribution in [0.3, 0.4) is 0 Å². The molecular weight excluding hydrogens is 446 g/mol. The summed E-state index contributed by atoms with van der Waals surface area (Å²) in [6.45, 7) is 4.48. The molecule has 0 aromatic heterocycles. The Labute approximate surface area is 191 Å². The second-order valence-electron chi connectivity index (χ2n) is 6.66. The van der Waals surface area contributed by atoms with E-state index in [0.717, 1.165) is 5.56 Å². The first-order valence-corrected chi connectivity index (χ1v) is 11.6. The second kappa shape index (κ2) is 12.2. The number of carbonyl (C=O) groups excluding carboxylic acids is 2. The van der Waals surface area contributed by atoms with Crippen LogP contribution in [0.15, 0.2) is 42.5 Å². The molecule has 0 fully saturated rings. The zero-order valence-electron chi connectivity index (χ0n) is 17.0. The van der Waals surface area contributed by atoms with Gasteiger partial charge in [-0.15, -0.1) is 11.8 Å². The number of thioether (sulfide) groups is 1. The average molecular weight is 471 g/mol. The summed E-state index contributed by atoms with van der Waals surface area (Å²) in [6, 6.07) is 11.1. The highest BCUT2D eigenvalue weighted by molar-refractivity contribution is 7.99. The number of hydrogen-bond donors (Lipinski definition) is 1. The van der Waals surface area contributed by atoms with Gasteiger partial charge >= 0.3 is 0 Å². The van der Waals surface area contributed by atoms with Gasteiger partial charge in [-0.2, -0.15) is 0 Å². The van der Waals surface area contributed by atoms with Gasteiger partial charge in [0.1, 0.15) is 11.9 Å². The Morgan fingerprint density at radius 3 is 2.43 bits per heavy atom. The predicted molar refractivity (Wildman–Crippen MR) is 122 cm³/mol. The minimum atomic E-state index is -0.592. The highest BCUT2D eigenvalue weighted by Gasteiger charge is 2.28. The maximum Gasteiger partial charge on any atom is 0.242 e. The van der Waals surface area contributed by atoms with Crippen molar-refractivity contribution < 1.29 is 14.0 Å². The molecule has 0 saturated heterocycles. The summed E-state index contributed by atoms with van der Waals surface area (Å²) in [7, 11) is 0. The van der Waals surface area contributed by atoms with Gasteiger partial charge in [-0.1, -0.05) is 48.3 Å². The van der Waals surface area contributed by atoms with Crippen LogP contribution in [-0.4, -0.2) is 35.1 Å². The van der Waals surface area contributed by atoms with Gasteiger partial charge < -0.3 is 10.2 Å². The van der Waals surface area contributed by atoms with Crippen LogP contribution in [0.5, 0.6) is 0 Å². The van der Waals surface area contributed by atoms with Crippen LogP contribution in [0.25, 0.3) is 0 Å². The van der Waals surface area contributed by atoms with Crippen molar-refractivity contribution in [2.75, 3.05) is 12.3 Å². The Morgan fingerprint density at radius 2 is 1.83 bits per heavy atom.